The summed E-state index contributed by atoms with van der Waals surface area (Å²) in [4.78, 5) is 26.8. The number of thiophene rings is 1. The first kappa shape index (κ1) is 23.1. The van der Waals surface area contributed by atoms with E-state index in [1.807, 2.05) is 17.4 Å². The van der Waals surface area contributed by atoms with Crippen LogP contribution in [0.1, 0.15) is 30.1 Å². The molecule has 0 fully saturated rings. The quantitative estimate of drug-likeness (QED) is 0.392. The second-order valence-corrected chi connectivity index (χ2v) is 10.4. The number of fused-ring (bicyclic) bond motifs is 3. The van der Waals surface area contributed by atoms with Crippen LogP contribution in [0.25, 0.3) is 15.7 Å². The molecule has 3 heterocycles. The average molecular weight is 488 g/mol. The van der Waals surface area contributed by atoms with Crippen molar-refractivity contribution in [3.63, 3.8) is 0 Å². The van der Waals surface area contributed by atoms with Gasteiger partial charge >= 0.3 is 0 Å². The van der Waals surface area contributed by atoms with Crippen LogP contribution in [0.4, 0.5) is 0 Å². The van der Waals surface area contributed by atoms with Crippen LogP contribution in [0.15, 0.2) is 46.1 Å². The number of carbonyl (C=O) groups excluding carboxylic acids is 1. The third kappa shape index (κ3) is 4.70. The number of primary sulfonamides is 1. The van der Waals surface area contributed by atoms with E-state index in [0.29, 0.717) is 24.9 Å². The van der Waals surface area contributed by atoms with Crippen molar-refractivity contribution in [2.45, 2.75) is 44.6 Å². The molecule has 3 N–H and O–H groups in total. The summed E-state index contributed by atoms with van der Waals surface area (Å²) < 4.78 is 26.8. The number of hydrogen-bond donors (Lipinski definition) is 2. The van der Waals surface area contributed by atoms with Crippen molar-refractivity contribution in [3.05, 3.63) is 63.0 Å². The summed E-state index contributed by atoms with van der Waals surface area (Å²) in [7, 11) is -3.73. The van der Waals surface area contributed by atoms with E-state index in [2.05, 4.69) is 23.4 Å². The number of benzene rings is 1. The minimum Gasteiger partial charge on any atom is -0.354 e. The fourth-order valence-electron chi connectivity index (χ4n) is 3.73. The van der Waals surface area contributed by atoms with E-state index in [0.717, 1.165) is 28.0 Å². The highest BCUT2D eigenvalue weighted by molar-refractivity contribution is 7.89. The predicted octanol–water partition coefficient (Wildman–Crippen LogP) is 1.84. The van der Waals surface area contributed by atoms with Crippen LogP contribution in [0, 0.1) is 0 Å². The zero-order chi connectivity index (χ0) is 23.8. The fourth-order valence-corrected chi connectivity index (χ4v) is 5.27. The highest BCUT2D eigenvalue weighted by atomic mass is 32.2. The van der Waals surface area contributed by atoms with Crippen LogP contribution < -0.4 is 16.0 Å². The first-order valence-electron chi connectivity index (χ1n) is 10.6. The van der Waals surface area contributed by atoms with E-state index >= 15 is 0 Å². The first-order chi connectivity index (χ1) is 15.7. The molecule has 0 saturated heterocycles. The summed E-state index contributed by atoms with van der Waals surface area (Å²) >= 11 is 1.67. The highest BCUT2D eigenvalue weighted by Gasteiger charge is 2.17. The van der Waals surface area contributed by atoms with Gasteiger partial charge in [-0.05, 0) is 42.7 Å². The van der Waals surface area contributed by atoms with Gasteiger partial charge in [-0.3, -0.25) is 14.0 Å². The van der Waals surface area contributed by atoms with Crippen molar-refractivity contribution in [2.24, 2.45) is 5.14 Å². The lowest BCUT2D eigenvalue weighted by atomic mass is 10.1. The molecule has 1 amide bonds. The Labute approximate surface area is 194 Å². The zero-order valence-corrected chi connectivity index (χ0v) is 20.0. The zero-order valence-electron chi connectivity index (χ0n) is 18.4. The second kappa shape index (κ2) is 9.08. The number of nitrogens with one attached hydrogen (secondary N) is 1. The normalized spacial score (nSPS) is 12.0. The Kier molecular flexibility index (Phi) is 6.37. The van der Waals surface area contributed by atoms with Gasteiger partial charge in [-0.1, -0.05) is 26.0 Å². The predicted molar refractivity (Wildman–Crippen MR) is 128 cm³/mol. The van der Waals surface area contributed by atoms with Crippen molar-refractivity contribution in [3.8, 4) is 0 Å². The van der Waals surface area contributed by atoms with Crippen molar-refractivity contribution in [1.29, 1.82) is 0 Å². The number of nitrogens with two attached hydrogens (primary N) is 1. The molecule has 0 aliphatic heterocycles. The Morgan fingerprint density at radius 3 is 2.48 bits per heavy atom. The number of sulfonamides is 1. The fraction of sp³-hybridized carbons (Fsp3) is 0.318. The molecule has 4 aromatic rings. The molecule has 4 rings (SSSR count). The van der Waals surface area contributed by atoms with Crippen LogP contribution in [-0.4, -0.2) is 35.1 Å². The van der Waals surface area contributed by atoms with Crippen LogP contribution in [0.2, 0.25) is 0 Å². The van der Waals surface area contributed by atoms with E-state index < -0.39 is 10.0 Å². The lowest BCUT2D eigenvalue weighted by molar-refractivity contribution is -0.121. The number of nitrogens with zero attached hydrogens (tertiary/aromatic N) is 3. The third-order valence-corrected chi connectivity index (χ3v) is 7.58. The molecule has 0 aliphatic rings. The van der Waals surface area contributed by atoms with E-state index in [1.165, 1.54) is 21.7 Å². The molecular formula is C22H25N5O4S2. The molecule has 0 spiro atoms. The maximum absolute atomic E-state index is 13.0. The summed E-state index contributed by atoms with van der Waals surface area (Å²) in [6.07, 6.45) is 2.06. The van der Waals surface area contributed by atoms with Crippen LogP contribution >= 0.6 is 11.3 Å². The Balaban J connectivity index is 1.47. The van der Waals surface area contributed by atoms with Gasteiger partial charge in [-0.25, -0.2) is 18.2 Å². The van der Waals surface area contributed by atoms with Crippen LogP contribution in [-0.2, 0) is 40.6 Å². The van der Waals surface area contributed by atoms with Crippen molar-refractivity contribution in [1.82, 2.24) is 19.5 Å². The molecule has 0 bridgehead atoms. The van der Waals surface area contributed by atoms with Gasteiger partial charge in [0.25, 0.3) is 5.56 Å². The Hall–Kier alpha value is -3.02. The van der Waals surface area contributed by atoms with E-state index in [-0.39, 0.29) is 22.9 Å². The SMILES string of the molecule is CCc1cc2c(cc3c(=O)n(CC(=O)NCCc4ccc(S(N)(=O)=O)cc4)nc(CC)n32)s1. The molecule has 9 nitrogen and oxygen atoms in total. The summed E-state index contributed by atoms with van der Waals surface area (Å²) in [6.45, 7) is 4.23. The molecule has 0 saturated carbocycles. The molecule has 33 heavy (non-hydrogen) atoms. The summed E-state index contributed by atoms with van der Waals surface area (Å²) in [5.41, 5.74) is 2.06. The summed E-state index contributed by atoms with van der Waals surface area (Å²) in [5.74, 6) is 0.404. The van der Waals surface area contributed by atoms with Crippen molar-refractivity contribution >= 4 is 43.0 Å². The minimum atomic E-state index is -3.73. The van der Waals surface area contributed by atoms with Crippen LogP contribution in [0.5, 0.6) is 0 Å². The Morgan fingerprint density at radius 2 is 1.85 bits per heavy atom. The van der Waals surface area contributed by atoms with Gasteiger partial charge in [0.2, 0.25) is 15.9 Å². The number of hydrogen-bond acceptors (Lipinski definition) is 6. The van der Waals surface area contributed by atoms with Gasteiger partial charge < -0.3 is 5.32 Å². The van der Waals surface area contributed by atoms with Gasteiger partial charge in [0.15, 0.2) is 0 Å². The maximum atomic E-state index is 13.0. The number of aromatic nitrogens is 3. The number of amides is 1. The monoisotopic (exact) mass is 487 g/mol. The van der Waals surface area contributed by atoms with E-state index in [1.54, 1.807) is 23.5 Å². The smallest absolute Gasteiger partial charge is 0.291 e. The molecule has 0 radical (unpaired) electrons. The van der Waals surface area contributed by atoms with Gasteiger partial charge in [-0.15, -0.1) is 11.3 Å². The third-order valence-electron chi connectivity index (χ3n) is 5.43. The number of aryl methyl sites for hydroxylation is 2. The van der Waals surface area contributed by atoms with E-state index in [4.69, 9.17) is 5.14 Å². The molecule has 11 heteroatoms. The maximum Gasteiger partial charge on any atom is 0.291 e. The van der Waals surface area contributed by atoms with Gasteiger partial charge in [0.1, 0.15) is 17.9 Å². The molecular weight excluding hydrogens is 462 g/mol. The Bertz CT molecular complexity index is 1500. The van der Waals surface area contributed by atoms with Crippen molar-refractivity contribution < 1.29 is 13.2 Å². The molecule has 0 atom stereocenters. The summed E-state index contributed by atoms with van der Waals surface area (Å²) in [5, 5.41) is 12.3. The van der Waals surface area contributed by atoms with Gasteiger partial charge in [0, 0.05) is 17.8 Å². The molecule has 174 valence electrons. The highest BCUT2D eigenvalue weighted by Crippen LogP contribution is 2.29. The first-order valence-corrected chi connectivity index (χ1v) is 13.0. The lowest BCUT2D eigenvalue weighted by Gasteiger charge is -2.10. The van der Waals surface area contributed by atoms with E-state index in [9.17, 15) is 18.0 Å². The van der Waals surface area contributed by atoms with Gasteiger partial charge in [0.05, 0.1) is 15.1 Å². The van der Waals surface area contributed by atoms with Crippen molar-refractivity contribution in [2.75, 3.05) is 6.54 Å². The molecule has 0 unspecified atom stereocenters. The standard InChI is InChI=1S/C22H25N5O4S2/c1-3-15-11-17-19(32-15)12-18-22(29)26(25-20(4-2)27(17)18)13-21(28)24-10-9-14-5-7-16(8-6-14)33(23,30)31/h5-8,11-12H,3-4,9-10,13H2,1-2H3,(H,24,28)(H2,23,30,31). The molecule has 0 aliphatic carbocycles. The number of carbonyl (C=O) groups is 1. The summed E-state index contributed by atoms with van der Waals surface area (Å²) in [6, 6.07) is 10.2. The molecule has 3 aromatic heterocycles. The lowest BCUT2D eigenvalue weighted by Crippen LogP contribution is -2.36. The second-order valence-electron chi connectivity index (χ2n) is 7.70. The van der Waals surface area contributed by atoms with Gasteiger partial charge in [-0.2, -0.15) is 5.10 Å². The topological polar surface area (TPSA) is 129 Å². The Morgan fingerprint density at radius 1 is 1.12 bits per heavy atom. The van der Waals surface area contributed by atoms with Crippen LogP contribution in [0.3, 0.4) is 0 Å². The minimum absolute atomic E-state index is 0.0408. The molecule has 1 aromatic carbocycles. The number of rotatable bonds is 8. The largest absolute Gasteiger partial charge is 0.354 e. The average Bonchev–Trinajstić information content (AvgIpc) is 3.33.